The first kappa shape index (κ1) is 13.9. The Hall–Kier alpha value is -2.18. The van der Waals surface area contributed by atoms with Gasteiger partial charge < -0.3 is 14.4 Å². The Bertz CT molecular complexity index is 436. The van der Waals surface area contributed by atoms with Crippen LogP contribution in [0, 0.1) is 0 Å². The lowest BCUT2D eigenvalue weighted by molar-refractivity contribution is -0.141. The minimum atomic E-state index is -0.624. The van der Waals surface area contributed by atoms with Crippen LogP contribution in [-0.2, 0) is 14.3 Å². The molecule has 1 heterocycles. The van der Waals surface area contributed by atoms with Gasteiger partial charge in [0, 0.05) is 13.2 Å². The van der Waals surface area contributed by atoms with Crippen LogP contribution in [0.2, 0.25) is 0 Å². The van der Waals surface area contributed by atoms with Crippen LogP contribution in [0.1, 0.15) is 17.5 Å². The minimum Gasteiger partial charge on any atom is -0.465 e. The highest BCUT2D eigenvalue weighted by molar-refractivity contribution is 5.85. The van der Waals surface area contributed by atoms with Crippen molar-refractivity contribution in [2.75, 3.05) is 32.2 Å². The monoisotopic (exact) mass is 253 g/mol. The molecule has 0 amide bonds. The number of carbonyl (C=O) groups is 2. The van der Waals surface area contributed by atoms with Gasteiger partial charge in [0.2, 0.25) is 5.82 Å². The normalized spacial score (nSPS) is 9.72. The number of nitrogens with zero attached hydrogens (tertiary/aromatic N) is 3. The van der Waals surface area contributed by atoms with Gasteiger partial charge in [0.25, 0.3) is 0 Å². The van der Waals surface area contributed by atoms with Crippen LogP contribution in [0.4, 0.5) is 5.82 Å². The fourth-order valence-electron chi connectivity index (χ4n) is 1.23. The van der Waals surface area contributed by atoms with Crippen molar-refractivity contribution in [1.29, 1.82) is 0 Å². The van der Waals surface area contributed by atoms with Gasteiger partial charge in [0.15, 0.2) is 0 Å². The zero-order valence-corrected chi connectivity index (χ0v) is 10.5. The minimum absolute atomic E-state index is 0.0471. The van der Waals surface area contributed by atoms with Gasteiger partial charge in [-0.15, -0.1) is 0 Å². The zero-order chi connectivity index (χ0) is 13.5. The van der Waals surface area contributed by atoms with Gasteiger partial charge in [-0.1, -0.05) is 0 Å². The molecule has 0 N–H and O–H groups in total. The van der Waals surface area contributed by atoms with Gasteiger partial charge in [0.1, 0.15) is 12.4 Å². The molecule has 0 aliphatic carbocycles. The lowest BCUT2D eigenvalue weighted by Crippen LogP contribution is -2.28. The number of aromatic nitrogens is 2. The maximum Gasteiger partial charge on any atom is 0.376 e. The molecule has 0 spiro atoms. The third kappa shape index (κ3) is 3.69. The highest BCUT2D eigenvalue weighted by atomic mass is 16.5. The molecule has 1 aromatic heterocycles. The Morgan fingerprint density at radius 3 is 2.78 bits per heavy atom. The van der Waals surface area contributed by atoms with Crippen LogP contribution in [0.15, 0.2) is 12.3 Å². The summed E-state index contributed by atoms with van der Waals surface area (Å²) in [6.45, 7) is 2.10. The number of carbonyl (C=O) groups excluding carboxylic acids is 2. The Morgan fingerprint density at radius 1 is 1.44 bits per heavy atom. The van der Waals surface area contributed by atoms with E-state index in [9.17, 15) is 9.59 Å². The molecule has 0 saturated heterocycles. The highest BCUT2D eigenvalue weighted by Gasteiger charge is 2.13. The third-order valence-corrected chi connectivity index (χ3v) is 2.07. The average Bonchev–Trinajstić information content (AvgIpc) is 2.38. The Kier molecular flexibility index (Phi) is 5.04. The van der Waals surface area contributed by atoms with Crippen molar-refractivity contribution in [3.05, 3.63) is 18.1 Å². The van der Waals surface area contributed by atoms with Crippen LogP contribution < -0.4 is 4.90 Å². The molecule has 0 fully saturated rings. The standard InChI is InChI=1S/C11H15N3O4/c1-4-18-9(15)7-14(2)8-5-6-12-10(13-8)11(16)17-3/h5-6H,4,7H2,1-3H3. The molecule has 0 aliphatic rings. The predicted octanol–water partition coefficient (Wildman–Crippen LogP) is 0.262. The summed E-state index contributed by atoms with van der Waals surface area (Å²) in [5.41, 5.74) is 0. The molecule has 7 nitrogen and oxygen atoms in total. The summed E-state index contributed by atoms with van der Waals surface area (Å²) < 4.78 is 9.33. The first-order chi connectivity index (χ1) is 8.58. The number of methoxy groups -OCH3 is 1. The Labute approximate surface area is 105 Å². The number of ether oxygens (including phenoxy) is 2. The fourth-order valence-corrected chi connectivity index (χ4v) is 1.23. The first-order valence-corrected chi connectivity index (χ1v) is 5.36. The number of likely N-dealkylation sites (N-methyl/N-ethyl adjacent to an activating group) is 1. The van der Waals surface area contributed by atoms with Gasteiger partial charge >= 0.3 is 11.9 Å². The highest BCUT2D eigenvalue weighted by Crippen LogP contribution is 2.08. The van der Waals surface area contributed by atoms with E-state index in [1.807, 2.05) is 0 Å². The van der Waals surface area contributed by atoms with E-state index in [1.54, 1.807) is 24.9 Å². The van der Waals surface area contributed by atoms with Crippen LogP contribution in [0.5, 0.6) is 0 Å². The molecule has 1 aromatic rings. The molecular formula is C11H15N3O4. The molecule has 0 bridgehead atoms. The second-order valence-corrected chi connectivity index (χ2v) is 3.39. The van der Waals surface area contributed by atoms with Gasteiger partial charge in [-0.05, 0) is 13.0 Å². The van der Waals surface area contributed by atoms with Crippen molar-refractivity contribution in [2.24, 2.45) is 0 Å². The van der Waals surface area contributed by atoms with Crippen LogP contribution in [-0.4, -0.2) is 49.2 Å². The quantitative estimate of drug-likeness (QED) is 0.696. The molecule has 0 unspecified atom stereocenters. The van der Waals surface area contributed by atoms with Crippen molar-refractivity contribution < 1.29 is 19.1 Å². The zero-order valence-electron chi connectivity index (χ0n) is 10.5. The molecule has 1 rings (SSSR count). The second-order valence-electron chi connectivity index (χ2n) is 3.39. The van der Waals surface area contributed by atoms with E-state index in [2.05, 4.69) is 14.7 Å². The molecule has 0 saturated carbocycles. The SMILES string of the molecule is CCOC(=O)CN(C)c1ccnc(C(=O)OC)n1. The first-order valence-electron chi connectivity index (χ1n) is 5.36. The van der Waals surface area contributed by atoms with Crippen molar-refractivity contribution in [3.63, 3.8) is 0 Å². The van der Waals surface area contributed by atoms with E-state index >= 15 is 0 Å². The smallest absolute Gasteiger partial charge is 0.376 e. The van der Waals surface area contributed by atoms with E-state index < -0.39 is 5.97 Å². The Balaban J connectivity index is 2.76. The van der Waals surface area contributed by atoms with E-state index in [-0.39, 0.29) is 18.3 Å². The van der Waals surface area contributed by atoms with E-state index in [0.717, 1.165) is 0 Å². The van der Waals surface area contributed by atoms with Gasteiger partial charge in [-0.3, -0.25) is 4.79 Å². The summed E-state index contributed by atoms with van der Waals surface area (Å²) in [5.74, 6) is -0.594. The van der Waals surface area contributed by atoms with Gasteiger partial charge in [0.05, 0.1) is 13.7 Å². The lowest BCUT2D eigenvalue weighted by atomic mass is 10.4. The molecule has 98 valence electrons. The number of hydrogen-bond acceptors (Lipinski definition) is 7. The van der Waals surface area contributed by atoms with Crippen molar-refractivity contribution >= 4 is 17.8 Å². The summed E-state index contributed by atoms with van der Waals surface area (Å²) in [7, 11) is 2.92. The average molecular weight is 253 g/mol. The van der Waals surface area contributed by atoms with Crippen LogP contribution in [0.3, 0.4) is 0 Å². The van der Waals surface area contributed by atoms with Crippen molar-refractivity contribution in [1.82, 2.24) is 9.97 Å². The third-order valence-electron chi connectivity index (χ3n) is 2.07. The molecular weight excluding hydrogens is 238 g/mol. The molecule has 0 aromatic carbocycles. The van der Waals surface area contributed by atoms with E-state index in [4.69, 9.17) is 4.74 Å². The summed E-state index contributed by atoms with van der Waals surface area (Å²) in [5, 5.41) is 0. The van der Waals surface area contributed by atoms with Gasteiger partial charge in [-0.2, -0.15) is 0 Å². The van der Waals surface area contributed by atoms with Gasteiger partial charge in [-0.25, -0.2) is 14.8 Å². The topological polar surface area (TPSA) is 81.6 Å². The molecule has 0 aliphatic heterocycles. The number of anilines is 1. The van der Waals surface area contributed by atoms with Crippen molar-refractivity contribution in [2.45, 2.75) is 6.92 Å². The van der Waals surface area contributed by atoms with E-state index in [0.29, 0.717) is 12.4 Å². The van der Waals surface area contributed by atoms with Crippen LogP contribution in [0.25, 0.3) is 0 Å². The number of esters is 2. The summed E-state index contributed by atoms with van der Waals surface area (Å²) in [6, 6.07) is 1.59. The molecule has 7 heteroatoms. The lowest BCUT2D eigenvalue weighted by Gasteiger charge is -2.16. The number of rotatable bonds is 5. The Morgan fingerprint density at radius 2 is 2.17 bits per heavy atom. The number of hydrogen-bond donors (Lipinski definition) is 0. The summed E-state index contributed by atoms with van der Waals surface area (Å²) in [4.78, 5) is 31.9. The fraction of sp³-hybridized carbons (Fsp3) is 0.455. The maximum atomic E-state index is 11.3. The maximum absolute atomic E-state index is 11.3. The molecule has 0 atom stereocenters. The van der Waals surface area contributed by atoms with E-state index in [1.165, 1.54) is 13.3 Å². The predicted molar refractivity (Wildman–Crippen MR) is 63.3 cm³/mol. The van der Waals surface area contributed by atoms with Crippen LogP contribution >= 0.6 is 0 Å². The largest absolute Gasteiger partial charge is 0.465 e. The second kappa shape index (κ2) is 6.53. The van der Waals surface area contributed by atoms with Crippen molar-refractivity contribution in [3.8, 4) is 0 Å². The summed E-state index contributed by atoms with van der Waals surface area (Å²) in [6.07, 6.45) is 1.43. The summed E-state index contributed by atoms with van der Waals surface area (Å²) >= 11 is 0. The molecule has 18 heavy (non-hydrogen) atoms. The molecule has 0 radical (unpaired) electrons.